The third kappa shape index (κ3) is 20.1. The number of piperidine rings is 1. The van der Waals surface area contributed by atoms with Gasteiger partial charge in [0, 0.05) is 70.6 Å². The van der Waals surface area contributed by atoms with Gasteiger partial charge in [-0.05, 0) is 108 Å². The van der Waals surface area contributed by atoms with Crippen molar-refractivity contribution < 1.29 is 82.0 Å². The molecule has 4 rings (SSSR count). The summed E-state index contributed by atoms with van der Waals surface area (Å²) in [5.74, 6) is -9.09. The number of ether oxygens (including phenoxy) is 8. The Morgan fingerprint density at radius 2 is 1.54 bits per heavy atom. The molecule has 0 aromatic heterocycles. The molecule has 3 heterocycles. The van der Waals surface area contributed by atoms with E-state index in [1.165, 1.54) is 20.1 Å². The maximum absolute atomic E-state index is 14.5. The van der Waals surface area contributed by atoms with Gasteiger partial charge < -0.3 is 69.2 Å². The van der Waals surface area contributed by atoms with Gasteiger partial charge in [0.2, 0.25) is 5.79 Å². The highest BCUT2D eigenvalue weighted by molar-refractivity contribution is 6.39. The molecule has 1 unspecified atom stereocenters. The highest BCUT2D eigenvalue weighted by Crippen LogP contribution is 2.37. The number of carbonyl (C=O) groups excluding carboxylic acids is 6. The van der Waals surface area contributed by atoms with Crippen LogP contribution in [0.4, 0.5) is 4.79 Å². The molecule has 0 radical (unpaired) electrons. The van der Waals surface area contributed by atoms with Gasteiger partial charge in [-0.2, -0.15) is 0 Å². The van der Waals surface area contributed by atoms with E-state index >= 15 is 0 Å². The number of Topliss-reactive ketones (excluding diaryl/α,β-unsaturated/α-hetero) is 3. The van der Waals surface area contributed by atoms with Gasteiger partial charge in [0.25, 0.3) is 11.7 Å². The van der Waals surface area contributed by atoms with Crippen molar-refractivity contribution >= 4 is 35.3 Å². The largest absolute Gasteiger partial charge is 0.459 e. The average Bonchev–Trinajstić information content (AvgIpc) is 3.51. The topological polar surface area (TPSA) is 278 Å². The van der Waals surface area contributed by atoms with Crippen LogP contribution >= 0.6 is 0 Å². The SMILES string of the molecule is CCOCCOCCOCCNC(=O)O[C@@H]1CC[C@@H](C[C@@H](N)[C@@H]2CC(=O)[C@H](C)/C=C(\C)[C@@H](O)[C@@H](O)C(=O)[C@H](C)C[C@H](C)/C=C/C=C/C=C(\C)C(OC)C[C@@H]3CC[C@@H](C)[C@@](O)(O3)C(=O)C(=O)N3CCCC[C@H]3C(=O)O2)C[C@H]1OC. The van der Waals surface area contributed by atoms with E-state index < -0.39 is 114 Å². The minimum absolute atomic E-state index is 0.0164. The highest BCUT2D eigenvalue weighted by atomic mass is 16.6. The first-order valence-corrected chi connectivity index (χ1v) is 28.2. The number of hydrogen-bond acceptors (Lipinski definition) is 18. The van der Waals surface area contributed by atoms with Crippen LogP contribution in [-0.2, 0) is 61.9 Å². The van der Waals surface area contributed by atoms with Crippen molar-refractivity contribution in [2.75, 3.05) is 67.0 Å². The number of cyclic esters (lactones) is 1. The summed E-state index contributed by atoms with van der Waals surface area (Å²) in [6.45, 7) is 15.0. The van der Waals surface area contributed by atoms with Gasteiger partial charge in [0.1, 0.15) is 36.2 Å². The predicted molar refractivity (Wildman–Crippen MR) is 290 cm³/mol. The van der Waals surface area contributed by atoms with Crippen LogP contribution in [0.15, 0.2) is 47.6 Å². The lowest BCUT2D eigenvalue weighted by molar-refractivity contribution is -0.265. The monoisotopic (exact) mass is 1100 g/mol. The Morgan fingerprint density at radius 1 is 0.833 bits per heavy atom. The van der Waals surface area contributed by atoms with E-state index in [4.69, 9.17) is 43.6 Å². The number of aliphatic hydroxyl groups is 3. The van der Waals surface area contributed by atoms with Gasteiger partial charge in [-0.15, -0.1) is 0 Å². The number of nitrogens with one attached hydrogen (secondary N) is 1. The number of amides is 2. The van der Waals surface area contributed by atoms with E-state index in [2.05, 4.69) is 5.32 Å². The van der Waals surface area contributed by atoms with Crippen molar-refractivity contribution in [3.8, 4) is 0 Å². The normalized spacial score (nSPS) is 35.5. The Labute approximate surface area is 462 Å². The molecule has 2 bridgehead atoms. The summed E-state index contributed by atoms with van der Waals surface area (Å²) in [6, 6.07) is -2.19. The van der Waals surface area contributed by atoms with E-state index in [1.54, 1.807) is 27.9 Å². The standard InChI is InChI=1S/C58H93N3O17/c1-10-73-26-27-75-29-28-74-25-23-60-57(69)77-47-22-20-42(33-50(47)72-9)32-44(59)49-35-46(62)38(4)31-40(6)52(64)53(65)51(63)39(5)30-36(2)16-12-11-13-17-37(3)48(71-8)34-43-21-19-41(7)58(70,78-43)54(66)55(67)61-24-15-14-18-45(61)56(68)76-49/h11-13,16-17,31,36,38-39,41-45,47-50,52-53,64-65,70H,10,14-15,18-30,32-35,59H2,1-9H3,(H,60,69)/b13-11+,16-12+,37-17+,40-31+/t36-,38-,39-,41-,42+,43+,44-,45+,47-,48?,49+,50-,52-,53+,58-/m1/s1. The molecule has 78 heavy (non-hydrogen) atoms. The second kappa shape index (κ2) is 33.5. The molecule has 0 spiro atoms. The molecule has 1 saturated carbocycles. The van der Waals surface area contributed by atoms with Gasteiger partial charge in [-0.3, -0.25) is 19.2 Å². The molecule has 1 aliphatic carbocycles. The molecule has 20 nitrogen and oxygen atoms in total. The number of aliphatic hydroxyl groups excluding tert-OH is 2. The Kier molecular flexibility index (Phi) is 28.5. The molecule has 2 amide bonds. The molecule has 6 N–H and O–H groups in total. The number of ketones is 3. The minimum atomic E-state index is -2.49. The number of hydrogen-bond donors (Lipinski definition) is 5. The van der Waals surface area contributed by atoms with Crippen LogP contribution in [0.2, 0.25) is 0 Å². The van der Waals surface area contributed by atoms with Crippen molar-refractivity contribution in [1.82, 2.24) is 10.2 Å². The Morgan fingerprint density at radius 3 is 2.23 bits per heavy atom. The van der Waals surface area contributed by atoms with E-state index in [0.29, 0.717) is 84.4 Å². The number of nitrogens with two attached hydrogens (primary N) is 1. The third-order valence-electron chi connectivity index (χ3n) is 15.7. The molecule has 442 valence electrons. The van der Waals surface area contributed by atoms with E-state index in [1.807, 2.05) is 51.2 Å². The molecular weight excluding hydrogens is 1010 g/mol. The minimum Gasteiger partial charge on any atom is -0.459 e. The van der Waals surface area contributed by atoms with Crippen LogP contribution in [-0.4, -0.2) is 183 Å². The second-order valence-corrected chi connectivity index (χ2v) is 21.8. The lowest BCUT2D eigenvalue weighted by Crippen LogP contribution is -2.61. The molecule has 20 heteroatoms. The first-order valence-electron chi connectivity index (χ1n) is 28.2. The Balaban J connectivity index is 1.57. The van der Waals surface area contributed by atoms with Crippen LogP contribution in [0.5, 0.6) is 0 Å². The first kappa shape index (κ1) is 66.3. The molecule has 3 aliphatic heterocycles. The fraction of sp³-hybridized carbons (Fsp3) is 0.759. The maximum atomic E-state index is 14.5. The summed E-state index contributed by atoms with van der Waals surface area (Å²) < 4.78 is 45.9. The fourth-order valence-electron chi connectivity index (χ4n) is 10.8. The summed E-state index contributed by atoms with van der Waals surface area (Å²) in [5, 5.41) is 37.0. The van der Waals surface area contributed by atoms with Crippen LogP contribution in [0.25, 0.3) is 0 Å². The molecule has 0 aromatic rings. The zero-order valence-corrected chi connectivity index (χ0v) is 47.8. The van der Waals surface area contributed by atoms with Crippen molar-refractivity contribution in [2.45, 2.75) is 186 Å². The molecule has 3 fully saturated rings. The molecule has 15 atom stereocenters. The smallest absolute Gasteiger partial charge is 0.407 e. The van der Waals surface area contributed by atoms with Gasteiger partial charge in [-0.25, -0.2) is 9.59 Å². The number of allylic oxidation sites excluding steroid dienone is 6. The van der Waals surface area contributed by atoms with Gasteiger partial charge in [0.05, 0.1) is 51.3 Å². The summed E-state index contributed by atoms with van der Waals surface area (Å²) in [7, 11) is 3.07. The van der Waals surface area contributed by atoms with Crippen molar-refractivity contribution in [2.24, 2.45) is 35.3 Å². The summed E-state index contributed by atoms with van der Waals surface area (Å²) in [5.41, 5.74) is 7.98. The quantitative estimate of drug-likeness (QED) is 0.0587. The Bertz CT molecular complexity index is 2060. The summed E-state index contributed by atoms with van der Waals surface area (Å²) in [4.78, 5) is 84.7. The van der Waals surface area contributed by atoms with E-state index in [9.17, 15) is 44.1 Å². The number of carbonyl (C=O) groups is 6. The zero-order chi connectivity index (χ0) is 57.5. The maximum Gasteiger partial charge on any atom is 0.407 e. The van der Waals surface area contributed by atoms with Gasteiger partial charge in [-0.1, -0.05) is 64.2 Å². The lowest BCUT2D eigenvalue weighted by Gasteiger charge is -2.42. The zero-order valence-electron chi connectivity index (χ0n) is 47.8. The van der Waals surface area contributed by atoms with Gasteiger partial charge in [0.15, 0.2) is 5.78 Å². The first-order chi connectivity index (χ1) is 37.1. The number of rotatable bonds is 16. The van der Waals surface area contributed by atoms with E-state index in [0.717, 1.165) is 10.5 Å². The Hall–Kier alpha value is -4.22. The lowest BCUT2D eigenvalue weighted by atomic mass is 9.80. The summed E-state index contributed by atoms with van der Waals surface area (Å²) in [6.07, 6.45) is 7.29. The van der Waals surface area contributed by atoms with Gasteiger partial charge >= 0.3 is 12.1 Å². The van der Waals surface area contributed by atoms with E-state index in [-0.39, 0.29) is 62.8 Å². The van der Waals surface area contributed by atoms with Crippen LogP contribution < -0.4 is 11.1 Å². The number of alkyl carbamates (subject to hydrolysis) is 1. The fourth-order valence-corrected chi connectivity index (χ4v) is 10.8. The predicted octanol–water partition coefficient (Wildman–Crippen LogP) is 5.02. The number of esters is 1. The van der Waals surface area contributed by atoms with Crippen molar-refractivity contribution in [1.29, 1.82) is 0 Å². The molecule has 0 aromatic carbocycles. The van der Waals surface area contributed by atoms with Crippen LogP contribution in [0.1, 0.15) is 126 Å². The number of methoxy groups -OCH3 is 2. The van der Waals surface area contributed by atoms with Crippen LogP contribution in [0.3, 0.4) is 0 Å². The number of nitrogens with zero attached hydrogens (tertiary/aromatic N) is 1. The number of fused-ring (bicyclic) bond motifs is 3. The van der Waals surface area contributed by atoms with Crippen molar-refractivity contribution in [3.63, 3.8) is 0 Å². The highest BCUT2D eigenvalue weighted by Gasteiger charge is 2.53. The molecule has 2 saturated heterocycles. The van der Waals surface area contributed by atoms with Crippen molar-refractivity contribution in [3.05, 3.63) is 47.6 Å². The summed E-state index contributed by atoms with van der Waals surface area (Å²) >= 11 is 0. The second-order valence-electron chi connectivity index (χ2n) is 21.8. The average molecular weight is 1100 g/mol. The third-order valence-corrected chi connectivity index (χ3v) is 15.7. The van der Waals surface area contributed by atoms with Crippen LogP contribution in [0, 0.1) is 29.6 Å². The molecular formula is C58H93N3O17. The molecule has 4 aliphatic rings.